The molecule has 1 atom stereocenters. The molecule has 108 valence electrons. The highest BCUT2D eigenvalue weighted by atomic mass is 35.5. The SMILES string of the molecule is CC1CN(S(=O)(=O)c2csc(CCl)c2)CC(C)(C)O1. The second-order valence-electron chi connectivity index (χ2n) is 5.37. The monoisotopic (exact) mass is 323 g/mol. The Morgan fingerprint density at radius 1 is 1.58 bits per heavy atom. The predicted octanol–water partition coefficient (Wildman–Crippen LogP) is 2.67. The van der Waals surface area contributed by atoms with Gasteiger partial charge in [-0.2, -0.15) is 4.31 Å². The van der Waals surface area contributed by atoms with Gasteiger partial charge in [0.2, 0.25) is 10.0 Å². The summed E-state index contributed by atoms with van der Waals surface area (Å²) in [6.07, 6.45) is -0.107. The number of sulfonamides is 1. The van der Waals surface area contributed by atoms with Crippen LogP contribution in [0.5, 0.6) is 0 Å². The first-order chi connectivity index (χ1) is 8.74. The molecule has 2 rings (SSSR count). The topological polar surface area (TPSA) is 46.6 Å². The zero-order valence-electron chi connectivity index (χ0n) is 11.2. The molecule has 1 fully saturated rings. The van der Waals surface area contributed by atoms with Gasteiger partial charge in [0.05, 0.1) is 22.5 Å². The van der Waals surface area contributed by atoms with Crippen molar-refractivity contribution in [3.05, 3.63) is 16.3 Å². The predicted molar refractivity (Wildman–Crippen MR) is 77.3 cm³/mol. The van der Waals surface area contributed by atoms with Gasteiger partial charge in [0, 0.05) is 23.3 Å². The Bertz CT molecular complexity index is 553. The fraction of sp³-hybridized carbons (Fsp3) is 0.667. The maximum atomic E-state index is 12.6. The summed E-state index contributed by atoms with van der Waals surface area (Å²) in [6.45, 7) is 6.46. The first-order valence-corrected chi connectivity index (χ1v) is 8.91. The summed E-state index contributed by atoms with van der Waals surface area (Å²) in [5.74, 6) is 0.338. The molecule has 0 aromatic carbocycles. The van der Waals surface area contributed by atoms with Crippen molar-refractivity contribution in [3.8, 4) is 0 Å². The Labute approximate surface area is 123 Å². The van der Waals surface area contributed by atoms with Crippen molar-refractivity contribution in [2.75, 3.05) is 13.1 Å². The molecule has 1 saturated heterocycles. The quantitative estimate of drug-likeness (QED) is 0.803. The molecule has 0 spiro atoms. The molecule has 1 aliphatic heterocycles. The minimum atomic E-state index is -3.45. The Hall–Kier alpha value is -0.140. The van der Waals surface area contributed by atoms with Gasteiger partial charge in [0.1, 0.15) is 0 Å². The molecule has 0 bridgehead atoms. The van der Waals surface area contributed by atoms with Gasteiger partial charge >= 0.3 is 0 Å². The molecule has 0 N–H and O–H groups in total. The number of nitrogens with zero attached hydrogens (tertiary/aromatic N) is 1. The van der Waals surface area contributed by atoms with Crippen molar-refractivity contribution < 1.29 is 13.2 Å². The summed E-state index contributed by atoms with van der Waals surface area (Å²) >= 11 is 7.10. The van der Waals surface area contributed by atoms with Crippen LogP contribution >= 0.6 is 22.9 Å². The highest BCUT2D eigenvalue weighted by Crippen LogP contribution is 2.29. The van der Waals surface area contributed by atoms with Crippen LogP contribution in [0.25, 0.3) is 0 Å². The van der Waals surface area contributed by atoms with Crippen LogP contribution in [0.15, 0.2) is 16.3 Å². The molecule has 0 saturated carbocycles. The largest absolute Gasteiger partial charge is 0.370 e. The highest BCUT2D eigenvalue weighted by molar-refractivity contribution is 7.89. The Morgan fingerprint density at radius 3 is 2.79 bits per heavy atom. The lowest BCUT2D eigenvalue weighted by Crippen LogP contribution is -2.53. The van der Waals surface area contributed by atoms with Crippen molar-refractivity contribution in [2.45, 2.75) is 43.3 Å². The molecule has 0 amide bonds. The van der Waals surface area contributed by atoms with Crippen LogP contribution in [0.1, 0.15) is 25.6 Å². The summed E-state index contributed by atoms with van der Waals surface area (Å²) < 4.78 is 32.4. The molecule has 0 aliphatic carbocycles. The Balaban J connectivity index is 2.28. The first-order valence-electron chi connectivity index (χ1n) is 6.06. The van der Waals surface area contributed by atoms with E-state index in [1.165, 1.54) is 15.6 Å². The molecule has 0 radical (unpaired) electrons. The lowest BCUT2D eigenvalue weighted by molar-refractivity contribution is -0.109. The summed E-state index contributed by atoms with van der Waals surface area (Å²) in [4.78, 5) is 1.19. The van der Waals surface area contributed by atoms with Crippen LogP contribution in [-0.4, -0.2) is 37.5 Å². The number of alkyl halides is 1. The van der Waals surface area contributed by atoms with E-state index >= 15 is 0 Å². The smallest absolute Gasteiger partial charge is 0.244 e. The number of ether oxygens (including phenoxy) is 1. The summed E-state index contributed by atoms with van der Waals surface area (Å²) in [5.41, 5.74) is -0.462. The van der Waals surface area contributed by atoms with Crippen LogP contribution < -0.4 is 0 Å². The molecule has 1 unspecified atom stereocenters. The van der Waals surface area contributed by atoms with Crippen molar-refractivity contribution >= 4 is 33.0 Å². The highest BCUT2D eigenvalue weighted by Gasteiger charge is 2.38. The molecule has 4 nitrogen and oxygen atoms in total. The molecular weight excluding hydrogens is 306 g/mol. The van der Waals surface area contributed by atoms with E-state index in [-0.39, 0.29) is 6.10 Å². The van der Waals surface area contributed by atoms with Gasteiger partial charge in [-0.25, -0.2) is 8.42 Å². The number of rotatable bonds is 3. The van der Waals surface area contributed by atoms with Gasteiger partial charge < -0.3 is 4.74 Å². The molecule has 19 heavy (non-hydrogen) atoms. The van der Waals surface area contributed by atoms with E-state index in [2.05, 4.69) is 0 Å². The number of morpholine rings is 1. The maximum absolute atomic E-state index is 12.6. The van der Waals surface area contributed by atoms with Gasteiger partial charge in [0.15, 0.2) is 0 Å². The molecule has 1 aromatic heterocycles. The van der Waals surface area contributed by atoms with Gasteiger partial charge in [-0.3, -0.25) is 0 Å². The van der Waals surface area contributed by atoms with E-state index in [0.29, 0.717) is 23.9 Å². The number of thiophene rings is 1. The molecule has 7 heteroatoms. The molecular formula is C12H18ClNO3S2. The van der Waals surface area contributed by atoms with Crippen molar-refractivity contribution in [3.63, 3.8) is 0 Å². The van der Waals surface area contributed by atoms with E-state index in [0.717, 1.165) is 4.88 Å². The normalized spacial score (nSPS) is 24.5. The van der Waals surface area contributed by atoms with Gasteiger partial charge in [-0.05, 0) is 26.8 Å². The molecule has 1 aromatic rings. The second-order valence-corrected chi connectivity index (χ2v) is 8.57. The van der Waals surface area contributed by atoms with Gasteiger partial charge in [0.25, 0.3) is 0 Å². The van der Waals surface area contributed by atoms with Crippen LogP contribution in [0, 0.1) is 0 Å². The minimum absolute atomic E-state index is 0.107. The zero-order valence-corrected chi connectivity index (χ0v) is 13.6. The Morgan fingerprint density at radius 2 is 2.26 bits per heavy atom. The van der Waals surface area contributed by atoms with E-state index < -0.39 is 15.6 Å². The fourth-order valence-electron chi connectivity index (χ4n) is 2.29. The number of hydrogen-bond acceptors (Lipinski definition) is 4. The van der Waals surface area contributed by atoms with Crippen LogP contribution in [0.2, 0.25) is 0 Å². The second kappa shape index (κ2) is 5.33. The van der Waals surface area contributed by atoms with E-state index in [9.17, 15) is 8.42 Å². The maximum Gasteiger partial charge on any atom is 0.244 e. The number of halogens is 1. The third-order valence-corrected chi connectivity index (χ3v) is 6.26. The van der Waals surface area contributed by atoms with E-state index in [1.807, 2.05) is 20.8 Å². The van der Waals surface area contributed by atoms with Crippen molar-refractivity contribution in [1.82, 2.24) is 4.31 Å². The summed E-state index contributed by atoms with van der Waals surface area (Å²) in [7, 11) is -3.45. The summed E-state index contributed by atoms with van der Waals surface area (Å²) in [5, 5.41) is 1.65. The van der Waals surface area contributed by atoms with Crippen LogP contribution in [-0.2, 0) is 20.6 Å². The van der Waals surface area contributed by atoms with Crippen LogP contribution in [0.4, 0.5) is 0 Å². The minimum Gasteiger partial charge on any atom is -0.370 e. The molecule has 2 heterocycles. The lowest BCUT2D eigenvalue weighted by Gasteiger charge is -2.40. The lowest BCUT2D eigenvalue weighted by atomic mass is 10.1. The number of hydrogen-bond donors (Lipinski definition) is 0. The average Bonchev–Trinajstić information content (AvgIpc) is 2.75. The third-order valence-electron chi connectivity index (χ3n) is 2.94. The van der Waals surface area contributed by atoms with Gasteiger partial charge in [-0.1, -0.05) is 0 Å². The standard InChI is InChI=1S/C12H18ClNO3S2/c1-9-6-14(8-12(2,3)17-9)19(15,16)11-4-10(5-13)18-7-11/h4,7,9H,5-6,8H2,1-3H3. The Kier molecular flexibility index (Phi) is 4.28. The zero-order chi connectivity index (χ0) is 14.3. The fourth-order valence-corrected chi connectivity index (χ4v) is 5.33. The van der Waals surface area contributed by atoms with E-state index in [4.69, 9.17) is 16.3 Å². The van der Waals surface area contributed by atoms with Crippen LogP contribution in [0.3, 0.4) is 0 Å². The summed E-state index contributed by atoms with van der Waals surface area (Å²) in [6, 6.07) is 1.65. The third kappa shape index (κ3) is 3.31. The van der Waals surface area contributed by atoms with Gasteiger partial charge in [-0.15, -0.1) is 22.9 Å². The first kappa shape index (κ1) is 15.3. The van der Waals surface area contributed by atoms with E-state index in [1.54, 1.807) is 11.4 Å². The van der Waals surface area contributed by atoms with Crippen molar-refractivity contribution in [2.24, 2.45) is 0 Å². The van der Waals surface area contributed by atoms with Crippen molar-refractivity contribution in [1.29, 1.82) is 0 Å². The molecule has 1 aliphatic rings. The average molecular weight is 324 g/mol.